The lowest BCUT2D eigenvalue weighted by atomic mass is 9.81. The average Bonchev–Trinajstić information content (AvgIpc) is 3.24. The summed E-state index contributed by atoms with van der Waals surface area (Å²) >= 11 is 0. The van der Waals surface area contributed by atoms with Gasteiger partial charge in [-0.05, 0) is 38.7 Å². The number of aromatic nitrogens is 3. The van der Waals surface area contributed by atoms with E-state index in [4.69, 9.17) is 8.94 Å². The summed E-state index contributed by atoms with van der Waals surface area (Å²) in [5.74, 6) is 2.26. The number of rotatable bonds is 4. The van der Waals surface area contributed by atoms with Gasteiger partial charge in [0.25, 0.3) is 5.91 Å². The topological polar surface area (TPSA) is 85.3 Å². The number of piperidine rings is 1. The van der Waals surface area contributed by atoms with Gasteiger partial charge in [-0.15, -0.1) is 0 Å². The van der Waals surface area contributed by atoms with Gasteiger partial charge in [-0.1, -0.05) is 35.8 Å². The molecule has 2 aromatic heterocycles. The minimum atomic E-state index is -0.322. The molecule has 1 aliphatic carbocycles. The minimum absolute atomic E-state index is 0.118. The summed E-state index contributed by atoms with van der Waals surface area (Å²) in [6, 6.07) is 7.89. The molecule has 2 aliphatic rings. The van der Waals surface area contributed by atoms with Gasteiger partial charge in [-0.25, -0.2) is 4.98 Å². The molecule has 1 atom stereocenters. The number of carbonyl (C=O) groups excluding carboxylic acids is 1. The second-order valence-corrected chi connectivity index (χ2v) is 8.52. The van der Waals surface area contributed by atoms with Gasteiger partial charge in [0.15, 0.2) is 23.7 Å². The smallest absolute Gasteiger partial charge is 0.276 e. The third-order valence-electron chi connectivity index (χ3n) is 5.94. The van der Waals surface area contributed by atoms with Crippen molar-refractivity contribution >= 4 is 5.91 Å². The van der Waals surface area contributed by atoms with Crippen molar-refractivity contribution in [2.45, 2.75) is 50.9 Å². The number of likely N-dealkylation sites (tertiary alicyclic amines) is 1. The molecule has 29 heavy (non-hydrogen) atoms. The summed E-state index contributed by atoms with van der Waals surface area (Å²) in [5.41, 5.74) is 1.99. The Morgan fingerprint density at radius 3 is 2.97 bits per heavy atom. The van der Waals surface area contributed by atoms with E-state index in [-0.39, 0.29) is 11.3 Å². The van der Waals surface area contributed by atoms with Crippen LogP contribution < -0.4 is 0 Å². The fourth-order valence-electron chi connectivity index (χ4n) is 4.11. The summed E-state index contributed by atoms with van der Waals surface area (Å²) in [5, 5.41) is 4.25. The van der Waals surface area contributed by atoms with Gasteiger partial charge in [0.1, 0.15) is 0 Å². The van der Waals surface area contributed by atoms with Crippen molar-refractivity contribution in [3.63, 3.8) is 0 Å². The van der Waals surface area contributed by atoms with Crippen molar-refractivity contribution in [1.29, 1.82) is 0 Å². The molecule has 0 spiro atoms. The highest BCUT2D eigenvalue weighted by Crippen LogP contribution is 2.41. The van der Waals surface area contributed by atoms with Crippen LogP contribution in [0.4, 0.5) is 0 Å². The van der Waals surface area contributed by atoms with Crippen LogP contribution in [-0.4, -0.2) is 39.0 Å². The van der Waals surface area contributed by atoms with Crippen molar-refractivity contribution in [2.75, 3.05) is 13.1 Å². The molecule has 7 heteroatoms. The lowest BCUT2D eigenvalue weighted by molar-refractivity contribution is 0.0637. The Hall–Kier alpha value is -2.96. The van der Waals surface area contributed by atoms with Crippen LogP contribution in [0.2, 0.25) is 0 Å². The number of benzene rings is 1. The van der Waals surface area contributed by atoms with Gasteiger partial charge in [0.2, 0.25) is 5.89 Å². The fraction of sp³-hybridized carbons (Fsp3) is 0.455. The second-order valence-electron chi connectivity index (χ2n) is 8.52. The van der Waals surface area contributed by atoms with Crippen LogP contribution in [0.25, 0.3) is 11.3 Å². The summed E-state index contributed by atoms with van der Waals surface area (Å²) < 4.78 is 11.1. The fourth-order valence-corrected chi connectivity index (χ4v) is 4.11. The molecule has 1 amide bonds. The van der Waals surface area contributed by atoms with Crippen LogP contribution in [0.15, 0.2) is 39.6 Å². The Balaban J connectivity index is 1.40. The van der Waals surface area contributed by atoms with Crippen molar-refractivity contribution in [3.05, 3.63) is 53.6 Å². The quantitative estimate of drug-likeness (QED) is 0.664. The molecule has 2 fully saturated rings. The van der Waals surface area contributed by atoms with Crippen LogP contribution in [0.3, 0.4) is 0 Å². The van der Waals surface area contributed by atoms with E-state index in [0.717, 1.165) is 42.7 Å². The molecule has 1 saturated heterocycles. The van der Waals surface area contributed by atoms with Gasteiger partial charge < -0.3 is 13.8 Å². The van der Waals surface area contributed by atoms with Gasteiger partial charge in [-0.3, -0.25) is 4.79 Å². The summed E-state index contributed by atoms with van der Waals surface area (Å²) in [6.45, 7) is 5.34. The van der Waals surface area contributed by atoms with Gasteiger partial charge in [0, 0.05) is 30.0 Å². The third-order valence-corrected chi connectivity index (χ3v) is 5.94. The first-order valence-electron chi connectivity index (χ1n) is 10.2. The Morgan fingerprint density at radius 1 is 1.31 bits per heavy atom. The zero-order valence-corrected chi connectivity index (χ0v) is 16.7. The number of carbonyl (C=O) groups is 1. The number of hydrogen-bond donors (Lipinski definition) is 0. The minimum Gasteiger partial charge on any atom is -0.443 e. The summed E-state index contributed by atoms with van der Waals surface area (Å²) in [6.07, 6.45) is 5.39. The Labute approximate surface area is 169 Å². The lowest BCUT2D eigenvalue weighted by Crippen LogP contribution is -2.47. The Bertz CT molecular complexity index is 1050. The molecular weight excluding hydrogens is 368 g/mol. The van der Waals surface area contributed by atoms with E-state index in [1.165, 1.54) is 6.39 Å². The van der Waals surface area contributed by atoms with Crippen molar-refractivity contribution in [2.24, 2.45) is 0 Å². The first kappa shape index (κ1) is 18.1. The zero-order valence-electron chi connectivity index (χ0n) is 16.7. The Kier molecular flexibility index (Phi) is 4.26. The summed E-state index contributed by atoms with van der Waals surface area (Å²) in [7, 11) is 0. The van der Waals surface area contributed by atoms with Crippen LogP contribution in [0.1, 0.15) is 66.3 Å². The highest BCUT2D eigenvalue weighted by Gasteiger charge is 2.41. The van der Waals surface area contributed by atoms with Gasteiger partial charge >= 0.3 is 0 Å². The molecule has 150 valence electrons. The van der Waals surface area contributed by atoms with E-state index < -0.39 is 0 Å². The van der Waals surface area contributed by atoms with E-state index in [0.29, 0.717) is 36.3 Å². The number of amides is 1. The van der Waals surface area contributed by atoms with Crippen molar-refractivity contribution in [3.8, 4) is 11.3 Å². The molecular formula is C22H24N4O3. The molecule has 0 N–H and O–H groups in total. The average molecular weight is 392 g/mol. The predicted octanol–water partition coefficient (Wildman–Crippen LogP) is 4.10. The van der Waals surface area contributed by atoms with Crippen LogP contribution >= 0.6 is 0 Å². The van der Waals surface area contributed by atoms with Crippen LogP contribution in [0, 0.1) is 6.92 Å². The van der Waals surface area contributed by atoms with E-state index in [1.54, 1.807) is 0 Å². The molecule has 3 heterocycles. The molecule has 1 aliphatic heterocycles. The maximum Gasteiger partial charge on any atom is 0.276 e. The van der Waals surface area contributed by atoms with E-state index >= 15 is 0 Å². The molecule has 0 radical (unpaired) electrons. The normalized spacial score (nSPS) is 22.1. The van der Waals surface area contributed by atoms with E-state index in [1.807, 2.05) is 36.1 Å². The number of aryl methyl sites for hydroxylation is 1. The lowest BCUT2D eigenvalue weighted by Gasteiger charge is -2.38. The maximum atomic E-state index is 13.3. The maximum absolute atomic E-state index is 13.3. The summed E-state index contributed by atoms with van der Waals surface area (Å²) in [4.78, 5) is 24.1. The third kappa shape index (κ3) is 3.34. The zero-order chi connectivity index (χ0) is 20.0. The molecule has 1 aromatic carbocycles. The predicted molar refractivity (Wildman–Crippen MR) is 105 cm³/mol. The van der Waals surface area contributed by atoms with Crippen LogP contribution in [-0.2, 0) is 5.41 Å². The molecule has 3 aromatic rings. The van der Waals surface area contributed by atoms with E-state index in [2.05, 4.69) is 22.0 Å². The largest absolute Gasteiger partial charge is 0.443 e. The SMILES string of the molecule is Cc1cccc(-c2ocnc2C(=O)N2CCCC(C)(c3noc(C4CC4)n3)C2)c1. The molecule has 1 unspecified atom stereocenters. The first-order valence-corrected chi connectivity index (χ1v) is 10.2. The van der Waals surface area contributed by atoms with Crippen LogP contribution in [0.5, 0.6) is 0 Å². The highest BCUT2D eigenvalue weighted by atomic mass is 16.5. The number of hydrogen-bond acceptors (Lipinski definition) is 6. The number of oxazole rings is 1. The van der Waals surface area contributed by atoms with Crippen molar-refractivity contribution < 1.29 is 13.7 Å². The number of nitrogens with zero attached hydrogens (tertiary/aromatic N) is 4. The second kappa shape index (κ2) is 6.83. The van der Waals surface area contributed by atoms with Gasteiger partial charge in [-0.2, -0.15) is 4.98 Å². The van der Waals surface area contributed by atoms with Gasteiger partial charge in [0.05, 0.1) is 0 Å². The monoisotopic (exact) mass is 392 g/mol. The first-order chi connectivity index (χ1) is 14.0. The molecule has 1 saturated carbocycles. The molecule has 0 bridgehead atoms. The van der Waals surface area contributed by atoms with Crippen molar-refractivity contribution in [1.82, 2.24) is 20.0 Å². The standard InChI is InChI=1S/C22H24N4O3/c1-14-5-3-6-16(11-14)18-17(23-13-28-18)20(27)26-10-4-9-22(2,12-26)21-24-19(29-25-21)15-7-8-15/h3,5-6,11,13,15H,4,7-10,12H2,1-2H3. The Morgan fingerprint density at radius 2 is 2.17 bits per heavy atom. The molecule has 5 rings (SSSR count). The highest BCUT2D eigenvalue weighted by molar-refractivity contribution is 5.97. The molecule has 7 nitrogen and oxygen atoms in total. The van der Waals surface area contributed by atoms with E-state index in [9.17, 15) is 4.79 Å².